The zero-order valence-corrected chi connectivity index (χ0v) is 26.3. The van der Waals surface area contributed by atoms with Gasteiger partial charge in [-0.1, -0.05) is 42.5 Å². The number of aliphatic hydroxyl groups is 3. The summed E-state index contributed by atoms with van der Waals surface area (Å²) in [7, 11) is 0. The Hall–Kier alpha value is -2.53. The number of amides is 1. The molecule has 44 heavy (non-hydrogen) atoms. The van der Waals surface area contributed by atoms with Crippen LogP contribution >= 0.6 is 0 Å². The molecule has 0 spiro atoms. The third-order valence-corrected chi connectivity index (χ3v) is 9.45. The maximum atomic E-state index is 12.2. The first kappa shape index (κ1) is 35.9. The number of piperidine rings is 1. The minimum absolute atomic E-state index is 0.00738. The number of nitrogens with zero attached hydrogens (tertiary/aromatic N) is 2. The van der Waals surface area contributed by atoms with Crippen LogP contribution in [0.4, 0.5) is 0 Å². The number of rotatable bonds is 21. The molecular weight excluding hydrogens is 562 g/mol. The van der Waals surface area contributed by atoms with Gasteiger partial charge in [0, 0.05) is 13.0 Å². The molecule has 1 aliphatic carbocycles. The standard InChI is InChI=1S/C34H55N3O7/c38-29(16-15-27-10-4-3-5-11-27)17-18-31-30(32(39)26-33(31)40)13-6-1-2-7-14-34(41)35-21-9-22-36-23-19-28(20-24-36)12-8-25-44-37(42)43/h1,3-6,10-11,28-33,38-40H,2,7-9,12-26H2,(H,35,41)/b6-1-/t29-,30+,31+,32-,33+/m0/s1. The van der Waals surface area contributed by atoms with E-state index in [-0.39, 0.29) is 24.3 Å². The Labute approximate surface area is 263 Å². The van der Waals surface area contributed by atoms with Gasteiger partial charge in [-0.15, -0.1) is 10.1 Å². The van der Waals surface area contributed by atoms with E-state index in [1.165, 1.54) is 5.56 Å². The Morgan fingerprint density at radius 1 is 1.05 bits per heavy atom. The van der Waals surface area contributed by atoms with E-state index < -0.39 is 23.4 Å². The molecule has 1 amide bonds. The molecule has 0 aromatic heterocycles. The number of aryl methyl sites for hydroxylation is 1. The number of likely N-dealkylation sites (tertiary alicyclic amines) is 1. The molecule has 5 atom stereocenters. The number of benzene rings is 1. The van der Waals surface area contributed by atoms with Gasteiger partial charge in [-0.3, -0.25) is 4.79 Å². The Kier molecular flexibility index (Phi) is 16.7. The molecule has 10 heteroatoms. The summed E-state index contributed by atoms with van der Waals surface area (Å²) in [6.45, 7) is 3.90. The highest BCUT2D eigenvalue weighted by Gasteiger charge is 2.40. The molecule has 1 aromatic carbocycles. The molecule has 2 aliphatic rings. The van der Waals surface area contributed by atoms with Crippen molar-refractivity contribution in [2.45, 2.75) is 108 Å². The Morgan fingerprint density at radius 2 is 1.80 bits per heavy atom. The molecule has 0 unspecified atom stereocenters. The molecule has 248 valence electrons. The number of hydrogen-bond acceptors (Lipinski definition) is 8. The van der Waals surface area contributed by atoms with Gasteiger partial charge < -0.3 is 30.4 Å². The lowest BCUT2D eigenvalue weighted by molar-refractivity contribution is -0.757. The third-order valence-electron chi connectivity index (χ3n) is 9.45. The lowest BCUT2D eigenvalue weighted by Gasteiger charge is -2.32. The van der Waals surface area contributed by atoms with Crippen molar-refractivity contribution in [1.29, 1.82) is 0 Å². The highest BCUT2D eigenvalue weighted by atomic mass is 16.9. The highest BCUT2D eigenvalue weighted by molar-refractivity contribution is 5.75. The summed E-state index contributed by atoms with van der Waals surface area (Å²) < 4.78 is 0. The zero-order chi connectivity index (χ0) is 31.6. The van der Waals surface area contributed by atoms with Crippen LogP contribution in [0, 0.1) is 27.9 Å². The van der Waals surface area contributed by atoms with Crippen LogP contribution in [0.5, 0.6) is 0 Å². The van der Waals surface area contributed by atoms with E-state index in [2.05, 4.69) is 39.3 Å². The van der Waals surface area contributed by atoms with E-state index in [1.54, 1.807) is 0 Å². The lowest BCUT2D eigenvalue weighted by atomic mass is 9.85. The van der Waals surface area contributed by atoms with Gasteiger partial charge in [0.15, 0.2) is 0 Å². The Bertz CT molecular complexity index is 971. The topological polar surface area (TPSA) is 145 Å². The van der Waals surface area contributed by atoms with Gasteiger partial charge in [0.2, 0.25) is 5.91 Å². The zero-order valence-electron chi connectivity index (χ0n) is 26.3. The largest absolute Gasteiger partial charge is 0.393 e. The second kappa shape index (κ2) is 20.5. The van der Waals surface area contributed by atoms with Crippen LogP contribution in [0.15, 0.2) is 42.5 Å². The van der Waals surface area contributed by atoms with Gasteiger partial charge >= 0.3 is 0 Å². The fourth-order valence-corrected chi connectivity index (χ4v) is 6.79. The van der Waals surface area contributed by atoms with E-state index in [1.807, 2.05) is 18.2 Å². The molecule has 1 saturated heterocycles. The third kappa shape index (κ3) is 14.1. The first-order chi connectivity index (χ1) is 21.3. The van der Waals surface area contributed by atoms with Crippen molar-refractivity contribution in [3.63, 3.8) is 0 Å². The normalized spacial score (nSPS) is 23.6. The molecule has 1 saturated carbocycles. The van der Waals surface area contributed by atoms with E-state index in [0.29, 0.717) is 51.0 Å². The van der Waals surface area contributed by atoms with Gasteiger partial charge in [0.05, 0.1) is 24.9 Å². The Morgan fingerprint density at radius 3 is 2.55 bits per heavy atom. The number of aliphatic hydroxyl groups excluding tert-OH is 3. The number of allylic oxidation sites excluding steroid dienone is 2. The molecule has 3 rings (SSSR count). The van der Waals surface area contributed by atoms with Gasteiger partial charge in [-0.05, 0) is 126 Å². The maximum Gasteiger partial charge on any atom is 0.294 e. The number of unbranched alkanes of at least 4 members (excludes halogenated alkanes) is 1. The first-order valence-electron chi connectivity index (χ1n) is 16.8. The van der Waals surface area contributed by atoms with Crippen molar-refractivity contribution in [2.75, 3.05) is 32.8 Å². The summed E-state index contributed by atoms with van der Waals surface area (Å²) in [5, 5.41) is 44.1. The van der Waals surface area contributed by atoms with Gasteiger partial charge in [-0.25, -0.2) is 0 Å². The number of nitrogens with one attached hydrogen (secondary N) is 1. The molecule has 2 fully saturated rings. The van der Waals surface area contributed by atoms with Crippen molar-refractivity contribution >= 4 is 5.91 Å². The summed E-state index contributed by atoms with van der Waals surface area (Å²) in [4.78, 5) is 29.3. The lowest BCUT2D eigenvalue weighted by Crippen LogP contribution is -2.36. The van der Waals surface area contributed by atoms with Crippen molar-refractivity contribution in [3.05, 3.63) is 58.2 Å². The second-order valence-corrected chi connectivity index (χ2v) is 12.7. The minimum Gasteiger partial charge on any atom is -0.393 e. The summed E-state index contributed by atoms with van der Waals surface area (Å²) in [5.74, 6) is 0.670. The van der Waals surface area contributed by atoms with Crippen LogP contribution < -0.4 is 5.32 Å². The average Bonchev–Trinajstić information content (AvgIpc) is 3.29. The highest BCUT2D eigenvalue weighted by Crippen LogP contribution is 2.38. The minimum atomic E-state index is -0.727. The van der Waals surface area contributed by atoms with Gasteiger partial charge in [0.1, 0.15) is 0 Å². The van der Waals surface area contributed by atoms with Crippen LogP contribution in [0.2, 0.25) is 0 Å². The molecule has 1 aromatic rings. The van der Waals surface area contributed by atoms with Crippen LogP contribution in [0.3, 0.4) is 0 Å². The maximum absolute atomic E-state index is 12.2. The van der Waals surface area contributed by atoms with Crippen molar-refractivity contribution < 1.29 is 30.0 Å². The van der Waals surface area contributed by atoms with Gasteiger partial charge in [-0.2, -0.15) is 0 Å². The molecule has 1 heterocycles. The first-order valence-corrected chi connectivity index (χ1v) is 16.8. The van der Waals surface area contributed by atoms with Gasteiger partial charge in [0.25, 0.3) is 5.09 Å². The van der Waals surface area contributed by atoms with E-state index in [9.17, 15) is 30.2 Å². The summed E-state index contributed by atoms with van der Waals surface area (Å²) in [5.41, 5.74) is 1.21. The summed E-state index contributed by atoms with van der Waals surface area (Å²) in [6, 6.07) is 10.1. The SMILES string of the molecule is O=C(CCC/C=C\C[C@@H]1[C@@H](CC[C@@H](O)CCc2ccccc2)[C@H](O)C[C@@H]1O)NCCCN1CCC(CCCO[N+](=O)[O-])CC1. The number of carbonyl (C=O) groups excluding carboxylic acids is 1. The average molecular weight is 618 g/mol. The molecule has 4 N–H and O–H groups in total. The quantitative estimate of drug-likeness (QED) is 0.0686. The smallest absolute Gasteiger partial charge is 0.294 e. The number of hydrogen-bond donors (Lipinski definition) is 4. The predicted molar refractivity (Wildman–Crippen MR) is 170 cm³/mol. The van der Waals surface area contributed by atoms with Crippen LogP contribution in [0.1, 0.15) is 89.0 Å². The molecule has 10 nitrogen and oxygen atoms in total. The molecule has 0 radical (unpaired) electrons. The molecule has 0 bridgehead atoms. The van der Waals surface area contributed by atoms with Crippen LogP contribution in [-0.4, -0.2) is 82.3 Å². The van der Waals surface area contributed by atoms with Crippen LogP contribution in [-0.2, 0) is 16.1 Å². The van der Waals surface area contributed by atoms with Crippen molar-refractivity contribution in [1.82, 2.24) is 10.2 Å². The molecule has 1 aliphatic heterocycles. The number of carbonyl (C=O) groups is 1. The van der Waals surface area contributed by atoms with E-state index in [0.717, 1.165) is 71.0 Å². The van der Waals surface area contributed by atoms with Crippen molar-refractivity contribution in [2.24, 2.45) is 17.8 Å². The summed E-state index contributed by atoms with van der Waals surface area (Å²) >= 11 is 0. The predicted octanol–water partition coefficient (Wildman–Crippen LogP) is 4.44. The Balaban J connectivity index is 1.20. The fourth-order valence-electron chi connectivity index (χ4n) is 6.79. The van der Waals surface area contributed by atoms with E-state index in [4.69, 9.17) is 0 Å². The van der Waals surface area contributed by atoms with Crippen LogP contribution in [0.25, 0.3) is 0 Å². The van der Waals surface area contributed by atoms with Crippen molar-refractivity contribution in [3.8, 4) is 0 Å². The summed E-state index contributed by atoms with van der Waals surface area (Å²) in [6.07, 6.45) is 13.5. The molecular formula is C34H55N3O7. The van der Waals surface area contributed by atoms with E-state index >= 15 is 0 Å². The monoisotopic (exact) mass is 617 g/mol. The second-order valence-electron chi connectivity index (χ2n) is 12.7. The fraction of sp³-hybridized carbons (Fsp3) is 0.735.